The summed E-state index contributed by atoms with van der Waals surface area (Å²) in [7, 11) is 0. The minimum Gasteiger partial charge on any atom is -0.465 e. The fourth-order valence-electron chi connectivity index (χ4n) is 3.56. The zero-order chi connectivity index (χ0) is 16.5. The highest BCUT2D eigenvalue weighted by molar-refractivity contribution is 5.78. The third kappa shape index (κ3) is 3.07. The van der Waals surface area contributed by atoms with E-state index >= 15 is 0 Å². The summed E-state index contributed by atoms with van der Waals surface area (Å²) in [6.45, 7) is 5.07. The number of likely N-dealkylation sites (tertiary alicyclic amines) is 1. The van der Waals surface area contributed by atoms with E-state index in [4.69, 9.17) is 9.15 Å². The van der Waals surface area contributed by atoms with Crippen LogP contribution in [0.5, 0.6) is 0 Å². The van der Waals surface area contributed by atoms with Crippen LogP contribution in [0.1, 0.15) is 17.1 Å². The van der Waals surface area contributed by atoms with Gasteiger partial charge in [-0.25, -0.2) is 0 Å². The Bertz CT molecular complexity index is 715. The number of nitrogens with zero attached hydrogens (tertiary/aromatic N) is 3. The molecule has 4 heterocycles. The molecular weight excluding hydrogens is 306 g/mol. The summed E-state index contributed by atoms with van der Waals surface area (Å²) in [5, 5.41) is 0. The molecule has 0 unspecified atom stereocenters. The Kier molecular flexibility index (Phi) is 4.08. The van der Waals surface area contributed by atoms with Crippen molar-refractivity contribution in [3.8, 4) is 0 Å². The SMILES string of the molecule is Cc1ccc(CN2C[C@@H]3[C@@H](C2)OCC(=O)N3Cc2cccnc2)o1. The average Bonchev–Trinajstić information content (AvgIpc) is 3.17. The van der Waals surface area contributed by atoms with E-state index in [2.05, 4.69) is 9.88 Å². The first-order valence-corrected chi connectivity index (χ1v) is 8.27. The third-order valence-corrected chi connectivity index (χ3v) is 4.71. The Morgan fingerprint density at radius 1 is 1.25 bits per heavy atom. The second kappa shape index (κ2) is 6.37. The molecule has 2 aliphatic rings. The molecular formula is C18H21N3O3. The molecule has 2 saturated heterocycles. The van der Waals surface area contributed by atoms with Crippen LogP contribution in [0, 0.1) is 6.92 Å². The second-order valence-electron chi connectivity index (χ2n) is 6.51. The maximum Gasteiger partial charge on any atom is 0.249 e. The Hall–Kier alpha value is -2.18. The van der Waals surface area contributed by atoms with E-state index < -0.39 is 0 Å². The number of rotatable bonds is 4. The average molecular weight is 327 g/mol. The zero-order valence-corrected chi connectivity index (χ0v) is 13.7. The van der Waals surface area contributed by atoms with Gasteiger partial charge in [-0.2, -0.15) is 0 Å². The minimum absolute atomic E-state index is 0.0517. The molecule has 2 atom stereocenters. The van der Waals surface area contributed by atoms with Crippen molar-refractivity contribution in [1.82, 2.24) is 14.8 Å². The van der Waals surface area contributed by atoms with E-state index in [1.807, 2.05) is 42.3 Å². The maximum atomic E-state index is 12.4. The highest BCUT2D eigenvalue weighted by Gasteiger charge is 2.43. The topological polar surface area (TPSA) is 58.8 Å². The Morgan fingerprint density at radius 2 is 2.17 bits per heavy atom. The first kappa shape index (κ1) is 15.4. The summed E-state index contributed by atoms with van der Waals surface area (Å²) in [5.41, 5.74) is 1.05. The molecule has 6 nitrogen and oxygen atoms in total. The molecule has 0 saturated carbocycles. The highest BCUT2D eigenvalue weighted by atomic mass is 16.5. The number of pyridine rings is 1. The summed E-state index contributed by atoms with van der Waals surface area (Å²) in [5.74, 6) is 1.93. The maximum absolute atomic E-state index is 12.4. The van der Waals surface area contributed by atoms with Crippen molar-refractivity contribution < 1.29 is 13.9 Å². The van der Waals surface area contributed by atoms with E-state index in [1.165, 1.54) is 0 Å². The van der Waals surface area contributed by atoms with Gasteiger partial charge in [-0.3, -0.25) is 14.7 Å². The van der Waals surface area contributed by atoms with Crippen molar-refractivity contribution in [2.24, 2.45) is 0 Å². The summed E-state index contributed by atoms with van der Waals surface area (Å²) in [6.07, 6.45) is 3.63. The van der Waals surface area contributed by atoms with Crippen LogP contribution >= 0.6 is 0 Å². The van der Waals surface area contributed by atoms with E-state index in [1.54, 1.807) is 6.20 Å². The van der Waals surface area contributed by atoms with Crippen LogP contribution in [0.3, 0.4) is 0 Å². The van der Waals surface area contributed by atoms with Gasteiger partial charge in [0.1, 0.15) is 18.1 Å². The number of morpholine rings is 1. The molecule has 24 heavy (non-hydrogen) atoms. The lowest BCUT2D eigenvalue weighted by Gasteiger charge is -2.36. The lowest BCUT2D eigenvalue weighted by molar-refractivity contribution is -0.153. The molecule has 2 aromatic rings. The number of hydrogen-bond donors (Lipinski definition) is 0. The van der Waals surface area contributed by atoms with Gasteiger partial charge in [0.25, 0.3) is 0 Å². The van der Waals surface area contributed by atoms with E-state index in [0.717, 1.165) is 36.7 Å². The molecule has 1 amide bonds. The lowest BCUT2D eigenvalue weighted by Crippen LogP contribution is -2.53. The third-order valence-electron chi connectivity index (χ3n) is 4.71. The van der Waals surface area contributed by atoms with Crippen molar-refractivity contribution in [1.29, 1.82) is 0 Å². The quantitative estimate of drug-likeness (QED) is 0.854. The number of amides is 1. The molecule has 126 valence electrons. The number of aryl methyl sites for hydroxylation is 1. The molecule has 0 radical (unpaired) electrons. The van der Waals surface area contributed by atoms with E-state index in [-0.39, 0.29) is 24.7 Å². The van der Waals surface area contributed by atoms with Gasteiger partial charge in [-0.05, 0) is 30.7 Å². The first-order valence-electron chi connectivity index (χ1n) is 8.27. The van der Waals surface area contributed by atoms with Gasteiger partial charge in [-0.15, -0.1) is 0 Å². The van der Waals surface area contributed by atoms with Crippen LogP contribution in [0.2, 0.25) is 0 Å². The van der Waals surface area contributed by atoms with E-state index in [9.17, 15) is 4.79 Å². The number of ether oxygens (including phenoxy) is 1. The van der Waals surface area contributed by atoms with Crippen LogP contribution in [0.15, 0.2) is 41.1 Å². The van der Waals surface area contributed by atoms with Crippen molar-refractivity contribution in [2.45, 2.75) is 32.2 Å². The molecule has 0 bridgehead atoms. The number of carbonyl (C=O) groups is 1. The smallest absolute Gasteiger partial charge is 0.249 e. The Morgan fingerprint density at radius 3 is 2.92 bits per heavy atom. The van der Waals surface area contributed by atoms with Gasteiger partial charge in [0.15, 0.2) is 0 Å². The molecule has 0 aromatic carbocycles. The van der Waals surface area contributed by atoms with Crippen molar-refractivity contribution in [3.05, 3.63) is 53.7 Å². The van der Waals surface area contributed by atoms with E-state index in [0.29, 0.717) is 6.54 Å². The fraction of sp³-hybridized carbons (Fsp3) is 0.444. The number of carbonyl (C=O) groups excluding carboxylic acids is 1. The molecule has 4 rings (SSSR count). The highest BCUT2D eigenvalue weighted by Crippen LogP contribution is 2.26. The van der Waals surface area contributed by atoms with Crippen LogP contribution in [0.25, 0.3) is 0 Å². The standard InChI is InChI=1S/C18H21N3O3/c1-13-4-5-15(24-13)9-20-10-16-17(11-20)23-12-18(22)21(16)8-14-3-2-6-19-7-14/h2-7,16-17H,8-12H2,1H3/t16-,17-/m1/s1. The molecule has 2 fully saturated rings. The van der Waals surface area contributed by atoms with Gasteiger partial charge in [-0.1, -0.05) is 6.07 Å². The molecule has 0 aliphatic carbocycles. The van der Waals surface area contributed by atoms with Gasteiger partial charge in [0, 0.05) is 32.0 Å². The van der Waals surface area contributed by atoms with Crippen LogP contribution < -0.4 is 0 Å². The minimum atomic E-state index is 0.0517. The fourth-order valence-corrected chi connectivity index (χ4v) is 3.56. The second-order valence-corrected chi connectivity index (χ2v) is 6.51. The van der Waals surface area contributed by atoms with Gasteiger partial charge in [0.2, 0.25) is 5.91 Å². The van der Waals surface area contributed by atoms with Crippen molar-refractivity contribution in [2.75, 3.05) is 19.7 Å². The van der Waals surface area contributed by atoms with Gasteiger partial charge in [0.05, 0.1) is 18.7 Å². The lowest BCUT2D eigenvalue weighted by atomic mass is 10.1. The van der Waals surface area contributed by atoms with Crippen LogP contribution in [0.4, 0.5) is 0 Å². The molecule has 0 N–H and O–H groups in total. The Labute approximate surface area is 141 Å². The number of hydrogen-bond acceptors (Lipinski definition) is 5. The number of furan rings is 1. The molecule has 2 aliphatic heterocycles. The largest absolute Gasteiger partial charge is 0.465 e. The summed E-state index contributed by atoms with van der Waals surface area (Å²) in [4.78, 5) is 20.7. The predicted octanol–water partition coefficient (Wildman–Crippen LogP) is 1.59. The Balaban J connectivity index is 1.46. The predicted molar refractivity (Wildman–Crippen MR) is 87.0 cm³/mol. The summed E-state index contributed by atoms with van der Waals surface area (Å²) < 4.78 is 11.4. The number of fused-ring (bicyclic) bond motifs is 1. The molecule has 2 aromatic heterocycles. The van der Waals surface area contributed by atoms with Crippen molar-refractivity contribution in [3.63, 3.8) is 0 Å². The number of aromatic nitrogens is 1. The van der Waals surface area contributed by atoms with Crippen LogP contribution in [-0.4, -0.2) is 52.5 Å². The van der Waals surface area contributed by atoms with Crippen LogP contribution in [-0.2, 0) is 22.6 Å². The molecule has 6 heteroatoms. The normalized spacial score (nSPS) is 24.4. The van der Waals surface area contributed by atoms with Gasteiger partial charge >= 0.3 is 0 Å². The monoisotopic (exact) mass is 327 g/mol. The molecule has 0 spiro atoms. The summed E-state index contributed by atoms with van der Waals surface area (Å²) >= 11 is 0. The first-order chi connectivity index (χ1) is 11.7. The van der Waals surface area contributed by atoms with Gasteiger partial charge < -0.3 is 14.1 Å². The zero-order valence-electron chi connectivity index (χ0n) is 13.7. The van der Waals surface area contributed by atoms with Crippen molar-refractivity contribution >= 4 is 5.91 Å². The summed E-state index contributed by atoms with van der Waals surface area (Å²) in [6, 6.07) is 7.98.